The zero-order chi connectivity index (χ0) is 25.1. The van der Waals surface area contributed by atoms with Gasteiger partial charge >= 0.3 is 6.03 Å². The molecule has 3 heterocycles. The second-order valence-electron chi connectivity index (χ2n) is 10.0. The van der Waals surface area contributed by atoms with Gasteiger partial charge in [0.05, 0.1) is 24.9 Å². The van der Waals surface area contributed by atoms with Crippen molar-refractivity contribution in [3.63, 3.8) is 0 Å². The Morgan fingerprint density at radius 2 is 1.83 bits per heavy atom. The summed E-state index contributed by atoms with van der Waals surface area (Å²) in [4.78, 5) is 30.4. The Hall–Kier alpha value is -3.27. The molecule has 10 heteroatoms. The second kappa shape index (κ2) is 10.8. The van der Waals surface area contributed by atoms with E-state index in [4.69, 9.17) is 4.84 Å². The summed E-state index contributed by atoms with van der Waals surface area (Å²) < 4.78 is 14.8. The van der Waals surface area contributed by atoms with Crippen LogP contribution < -0.4 is 10.2 Å². The van der Waals surface area contributed by atoms with Crippen molar-refractivity contribution in [3.8, 4) is 0 Å². The topological polar surface area (TPSA) is 103 Å². The van der Waals surface area contributed by atoms with Crippen LogP contribution in [-0.4, -0.2) is 70.1 Å². The SMILES string of the molecule is Cc1cnc(N2CCC(ON=C3CCC(c4ccc(NC(=O)N5CC(O)C5)cc4F)CC3)CC2)nc1. The van der Waals surface area contributed by atoms with Crippen molar-refractivity contribution in [1.82, 2.24) is 14.9 Å². The number of aromatic nitrogens is 2. The third-order valence-electron chi connectivity index (χ3n) is 7.23. The van der Waals surface area contributed by atoms with Gasteiger partial charge in [-0.15, -0.1) is 0 Å². The number of aryl methyl sites for hydroxylation is 1. The highest BCUT2D eigenvalue weighted by Crippen LogP contribution is 2.34. The van der Waals surface area contributed by atoms with Gasteiger partial charge in [0, 0.05) is 44.0 Å². The highest BCUT2D eigenvalue weighted by Gasteiger charge is 2.29. The number of urea groups is 1. The number of aliphatic hydroxyl groups excluding tert-OH is 1. The molecule has 1 aromatic heterocycles. The summed E-state index contributed by atoms with van der Waals surface area (Å²) in [5, 5.41) is 16.5. The average molecular weight is 497 g/mol. The van der Waals surface area contributed by atoms with Gasteiger partial charge in [-0.3, -0.25) is 0 Å². The van der Waals surface area contributed by atoms with Crippen LogP contribution in [0.5, 0.6) is 0 Å². The van der Waals surface area contributed by atoms with Gasteiger partial charge in [0.25, 0.3) is 0 Å². The van der Waals surface area contributed by atoms with Crippen LogP contribution in [0, 0.1) is 12.7 Å². The minimum absolute atomic E-state index is 0.0941. The first kappa shape index (κ1) is 24.4. The van der Waals surface area contributed by atoms with Gasteiger partial charge in [-0.1, -0.05) is 11.2 Å². The van der Waals surface area contributed by atoms with Crippen LogP contribution in [0.15, 0.2) is 35.7 Å². The Labute approximate surface area is 210 Å². The molecular weight excluding hydrogens is 463 g/mol. The molecule has 192 valence electrons. The lowest BCUT2D eigenvalue weighted by Crippen LogP contribution is -2.54. The average Bonchev–Trinajstić information content (AvgIpc) is 2.87. The Kier molecular flexibility index (Phi) is 7.31. The number of nitrogens with one attached hydrogen (secondary N) is 1. The fourth-order valence-corrected chi connectivity index (χ4v) is 4.97. The predicted molar refractivity (Wildman–Crippen MR) is 135 cm³/mol. The largest absolute Gasteiger partial charge is 0.392 e. The number of carbonyl (C=O) groups excluding carboxylic acids is 1. The summed E-state index contributed by atoms with van der Waals surface area (Å²) in [5.74, 6) is 0.585. The summed E-state index contributed by atoms with van der Waals surface area (Å²) in [5.41, 5.74) is 3.19. The molecule has 3 fully saturated rings. The number of halogens is 1. The van der Waals surface area contributed by atoms with Gasteiger partial charge in [-0.2, -0.15) is 0 Å². The van der Waals surface area contributed by atoms with Crippen molar-refractivity contribution in [2.24, 2.45) is 5.16 Å². The number of oxime groups is 1. The molecule has 1 saturated carbocycles. The van der Waals surface area contributed by atoms with Crippen molar-refractivity contribution < 1.29 is 19.1 Å². The zero-order valence-corrected chi connectivity index (χ0v) is 20.6. The molecule has 0 radical (unpaired) electrons. The first-order valence-corrected chi connectivity index (χ1v) is 12.7. The van der Waals surface area contributed by atoms with Gasteiger partial charge in [-0.05, 0) is 61.8 Å². The molecule has 0 unspecified atom stereocenters. The number of hydrogen-bond donors (Lipinski definition) is 2. The van der Waals surface area contributed by atoms with E-state index in [-0.39, 0.29) is 23.9 Å². The second-order valence-corrected chi connectivity index (χ2v) is 10.0. The number of likely N-dealkylation sites (tertiary alicyclic amines) is 1. The molecular formula is C26H33FN6O3. The normalized spacial score (nSPS) is 21.2. The van der Waals surface area contributed by atoms with Crippen LogP contribution >= 0.6 is 0 Å². The van der Waals surface area contributed by atoms with Crippen LogP contribution in [0.4, 0.5) is 20.8 Å². The number of nitrogens with zero attached hydrogens (tertiary/aromatic N) is 5. The number of piperidine rings is 1. The molecule has 3 aliphatic rings. The lowest BCUT2D eigenvalue weighted by atomic mass is 9.83. The lowest BCUT2D eigenvalue weighted by Gasteiger charge is -2.35. The molecule has 2 amide bonds. The minimum Gasteiger partial charge on any atom is -0.392 e. The first-order valence-electron chi connectivity index (χ1n) is 12.7. The third kappa shape index (κ3) is 5.75. The lowest BCUT2D eigenvalue weighted by molar-refractivity contribution is 0.0308. The van der Waals surface area contributed by atoms with Crippen molar-refractivity contribution in [3.05, 3.63) is 47.5 Å². The number of rotatable bonds is 5. The maximum Gasteiger partial charge on any atom is 0.322 e. The smallest absolute Gasteiger partial charge is 0.322 e. The Morgan fingerprint density at radius 3 is 2.47 bits per heavy atom. The van der Waals surface area contributed by atoms with Gasteiger partial charge in [0.15, 0.2) is 0 Å². The van der Waals surface area contributed by atoms with E-state index in [9.17, 15) is 14.3 Å². The van der Waals surface area contributed by atoms with E-state index in [2.05, 4.69) is 25.3 Å². The molecule has 9 nitrogen and oxygen atoms in total. The van der Waals surface area contributed by atoms with Crippen LogP contribution in [0.3, 0.4) is 0 Å². The van der Waals surface area contributed by atoms with Crippen LogP contribution in [0.25, 0.3) is 0 Å². The minimum atomic E-state index is -0.466. The Morgan fingerprint density at radius 1 is 1.14 bits per heavy atom. The molecule has 5 rings (SSSR count). The summed E-state index contributed by atoms with van der Waals surface area (Å²) in [6.45, 7) is 4.29. The third-order valence-corrected chi connectivity index (χ3v) is 7.23. The van der Waals surface area contributed by atoms with E-state index in [0.717, 1.165) is 68.8 Å². The van der Waals surface area contributed by atoms with Crippen LogP contribution in [-0.2, 0) is 4.84 Å². The Bertz CT molecular complexity index is 1090. The van der Waals surface area contributed by atoms with E-state index in [0.29, 0.717) is 24.3 Å². The summed E-state index contributed by atoms with van der Waals surface area (Å²) in [6, 6.07) is 4.57. The fourth-order valence-electron chi connectivity index (χ4n) is 4.97. The first-order chi connectivity index (χ1) is 17.4. The van der Waals surface area contributed by atoms with Crippen LogP contribution in [0.1, 0.15) is 55.6 Å². The number of β-amino-alcohol motifs (C(OH)–C–C–N with tert-alkyl or cyclic N) is 1. The fraction of sp³-hybridized carbons (Fsp3) is 0.538. The molecule has 2 N–H and O–H groups in total. The number of carbonyl (C=O) groups is 1. The van der Waals surface area contributed by atoms with Crippen LogP contribution in [0.2, 0.25) is 0 Å². The quantitative estimate of drug-likeness (QED) is 0.610. The molecule has 2 aromatic rings. The molecule has 1 aliphatic carbocycles. The summed E-state index contributed by atoms with van der Waals surface area (Å²) >= 11 is 0. The van der Waals surface area contributed by atoms with E-state index in [1.807, 2.05) is 19.3 Å². The molecule has 0 bridgehead atoms. The maximum atomic E-state index is 14.8. The monoisotopic (exact) mass is 496 g/mol. The van der Waals surface area contributed by atoms with Crippen molar-refractivity contribution in [2.45, 2.75) is 63.6 Å². The number of hydrogen-bond acceptors (Lipinski definition) is 7. The number of anilines is 2. The van der Waals surface area contributed by atoms with E-state index < -0.39 is 6.10 Å². The highest BCUT2D eigenvalue weighted by atomic mass is 19.1. The predicted octanol–water partition coefficient (Wildman–Crippen LogP) is 3.83. The number of aliphatic hydroxyl groups is 1. The molecule has 2 aliphatic heterocycles. The molecule has 1 aromatic carbocycles. The highest BCUT2D eigenvalue weighted by molar-refractivity contribution is 5.90. The van der Waals surface area contributed by atoms with E-state index >= 15 is 0 Å². The maximum absolute atomic E-state index is 14.8. The summed E-state index contributed by atoms with van der Waals surface area (Å²) in [6.07, 6.45) is 8.28. The van der Waals surface area contributed by atoms with Crippen molar-refractivity contribution >= 4 is 23.4 Å². The molecule has 0 atom stereocenters. The van der Waals surface area contributed by atoms with Gasteiger partial charge in [0.1, 0.15) is 11.9 Å². The van der Waals surface area contributed by atoms with E-state index in [1.54, 1.807) is 12.1 Å². The van der Waals surface area contributed by atoms with Gasteiger partial charge in [-0.25, -0.2) is 19.2 Å². The Balaban J connectivity index is 1.07. The van der Waals surface area contributed by atoms with E-state index in [1.165, 1.54) is 11.0 Å². The number of benzene rings is 1. The van der Waals surface area contributed by atoms with Crippen molar-refractivity contribution in [1.29, 1.82) is 0 Å². The molecule has 2 saturated heterocycles. The molecule has 36 heavy (non-hydrogen) atoms. The van der Waals surface area contributed by atoms with Gasteiger partial charge < -0.3 is 25.1 Å². The summed E-state index contributed by atoms with van der Waals surface area (Å²) in [7, 11) is 0. The molecule has 0 spiro atoms. The standard InChI is InChI=1S/C26H33FN6O3/c1-17-13-28-25(29-14-17)32-10-8-22(9-11-32)36-31-19-4-2-18(3-5-19)23-7-6-20(12-24(23)27)30-26(35)33-15-21(34)16-33/h6-7,12-14,18,21-22,34H,2-5,8-11,15-16H2,1H3,(H,30,35). The van der Waals surface area contributed by atoms with Crippen molar-refractivity contribution in [2.75, 3.05) is 36.4 Å². The van der Waals surface area contributed by atoms with Gasteiger partial charge in [0.2, 0.25) is 5.95 Å². The number of amides is 2. The zero-order valence-electron chi connectivity index (χ0n) is 20.6.